The Labute approximate surface area is 196 Å². The van der Waals surface area contributed by atoms with Crippen LogP contribution in [-0.2, 0) is 21.2 Å². The number of pyridine rings is 1. The van der Waals surface area contributed by atoms with Gasteiger partial charge in [0.05, 0.1) is 6.61 Å². The van der Waals surface area contributed by atoms with E-state index in [4.69, 9.17) is 5.11 Å². The number of hydrogen-bond donors (Lipinski definition) is 4. The Bertz CT molecular complexity index is 1220. The quantitative estimate of drug-likeness (QED) is 0.343. The van der Waals surface area contributed by atoms with E-state index in [-0.39, 0.29) is 35.8 Å². The molecule has 1 aromatic heterocycles. The molecule has 0 saturated carbocycles. The number of hydrogen-bond acceptors (Lipinski definition) is 6. The summed E-state index contributed by atoms with van der Waals surface area (Å²) in [4.78, 5) is 29.4. The van der Waals surface area contributed by atoms with Crippen LogP contribution in [0.1, 0.15) is 15.9 Å². The fourth-order valence-corrected chi connectivity index (χ4v) is 3.96. The Hall–Kier alpha value is -3.67. The lowest BCUT2D eigenvalue weighted by Gasteiger charge is -2.19. The minimum atomic E-state index is -3.84. The molecule has 2 aromatic carbocycles. The van der Waals surface area contributed by atoms with Crippen LogP contribution < -0.4 is 15.4 Å². The first-order valence-corrected chi connectivity index (χ1v) is 11.7. The van der Waals surface area contributed by atoms with E-state index >= 15 is 0 Å². The second kappa shape index (κ2) is 11.5. The van der Waals surface area contributed by atoms with Crippen molar-refractivity contribution in [3.8, 4) is 0 Å². The predicted molar refractivity (Wildman–Crippen MR) is 123 cm³/mol. The molecule has 0 aliphatic rings. The van der Waals surface area contributed by atoms with Crippen molar-refractivity contribution in [1.29, 1.82) is 0 Å². The highest BCUT2D eigenvalue weighted by molar-refractivity contribution is 7.89. The molecule has 0 aliphatic carbocycles. The molecular weight excluding hydrogens is 463 g/mol. The maximum Gasteiger partial charge on any atom is 0.251 e. The van der Waals surface area contributed by atoms with Crippen LogP contribution >= 0.6 is 0 Å². The van der Waals surface area contributed by atoms with Crippen molar-refractivity contribution >= 4 is 27.7 Å². The van der Waals surface area contributed by atoms with Gasteiger partial charge in [0.1, 0.15) is 22.6 Å². The molecule has 0 radical (unpaired) electrons. The molecule has 34 heavy (non-hydrogen) atoms. The average Bonchev–Trinajstić information content (AvgIpc) is 2.83. The van der Waals surface area contributed by atoms with Crippen molar-refractivity contribution < 1.29 is 27.5 Å². The van der Waals surface area contributed by atoms with E-state index in [9.17, 15) is 22.4 Å². The van der Waals surface area contributed by atoms with Gasteiger partial charge in [0.25, 0.3) is 5.91 Å². The zero-order chi connectivity index (χ0) is 24.6. The van der Waals surface area contributed by atoms with Gasteiger partial charge in [-0.2, -0.15) is 0 Å². The van der Waals surface area contributed by atoms with Gasteiger partial charge in [0.15, 0.2) is 0 Å². The number of amides is 2. The van der Waals surface area contributed by atoms with Crippen LogP contribution in [0.3, 0.4) is 0 Å². The number of carbonyl (C=O) groups is 2. The molecule has 0 aliphatic heterocycles. The van der Waals surface area contributed by atoms with Crippen molar-refractivity contribution in [3.63, 3.8) is 0 Å². The summed E-state index contributed by atoms with van der Waals surface area (Å²) < 4.78 is 39.6. The Balaban J connectivity index is 1.75. The first-order valence-electron chi connectivity index (χ1n) is 10.3. The van der Waals surface area contributed by atoms with E-state index in [1.54, 1.807) is 12.1 Å². The molecule has 2 amide bonds. The SMILES string of the molecule is O=C(N[C@@H](Cc1ccccc1)C(=O)Nc1ccc(S(=O)(=O)NCCO)cn1)c1ccc(F)cc1. The highest BCUT2D eigenvalue weighted by Gasteiger charge is 2.23. The average molecular weight is 487 g/mol. The monoisotopic (exact) mass is 486 g/mol. The standard InChI is InChI=1S/C23H23FN4O5S/c24-18-8-6-17(7-9-18)22(30)27-20(14-16-4-2-1-3-5-16)23(31)28-21-11-10-19(15-25-21)34(32,33)26-12-13-29/h1-11,15,20,26,29H,12-14H2,(H,27,30)(H,25,28,31)/t20-/m0/s1. The van der Waals surface area contributed by atoms with Gasteiger partial charge in [-0.3, -0.25) is 9.59 Å². The Morgan fingerprint density at radius 1 is 1.00 bits per heavy atom. The van der Waals surface area contributed by atoms with Crippen LogP contribution in [0.15, 0.2) is 77.8 Å². The van der Waals surface area contributed by atoms with Gasteiger partial charge in [0, 0.05) is 24.7 Å². The topological polar surface area (TPSA) is 137 Å². The van der Waals surface area contributed by atoms with Gasteiger partial charge in [-0.1, -0.05) is 30.3 Å². The summed E-state index contributed by atoms with van der Waals surface area (Å²) in [6.07, 6.45) is 1.25. The minimum Gasteiger partial charge on any atom is -0.395 e. The third-order valence-corrected chi connectivity index (χ3v) is 6.16. The molecule has 0 saturated heterocycles. The molecule has 1 atom stereocenters. The summed E-state index contributed by atoms with van der Waals surface area (Å²) in [6.45, 7) is -0.497. The minimum absolute atomic E-state index is 0.0835. The highest BCUT2D eigenvalue weighted by Crippen LogP contribution is 2.12. The second-order valence-corrected chi connectivity index (χ2v) is 8.98. The third-order valence-electron chi connectivity index (χ3n) is 4.71. The number of benzene rings is 2. The summed E-state index contributed by atoms with van der Waals surface area (Å²) >= 11 is 0. The maximum atomic E-state index is 13.2. The summed E-state index contributed by atoms with van der Waals surface area (Å²) in [5.74, 6) is -1.53. The highest BCUT2D eigenvalue weighted by atomic mass is 32.2. The third kappa shape index (κ3) is 6.91. The van der Waals surface area contributed by atoms with E-state index < -0.39 is 33.7 Å². The lowest BCUT2D eigenvalue weighted by atomic mass is 10.0. The predicted octanol–water partition coefficient (Wildman–Crippen LogP) is 1.47. The Morgan fingerprint density at radius 2 is 1.71 bits per heavy atom. The molecule has 0 bridgehead atoms. The van der Waals surface area contributed by atoms with E-state index in [0.29, 0.717) is 0 Å². The first kappa shape index (κ1) is 25.0. The van der Waals surface area contributed by atoms with E-state index in [2.05, 4.69) is 20.3 Å². The normalized spacial score (nSPS) is 12.1. The molecule has 9 nitrogen and oxygen atoms in total. The van der Waals surface area contributed by atoms with E-state index in [0.717, 1.165) is 23.9 Å². The molecule has 3 rings (SSSR count). The zero-order valence-electron chi connectivity index (χ0n) is 17.9. The number of carbonyl (C=O) groups excluding carboxylic acids is 2. The fraction of sp³-hybridized carbons (Fsp3) is 0.174. The second-order valence-electron chi connectivity index (χ2n) is 7.21. The number of aliphatic hydroxyl groups excluding tert-OH is 1. The van der Waals surface area contributed by atoms with Crippen LogP contribution in [0.2, 0.25) is 0 Å². The van der Waals surface area contributed by atoms with Crippen LogP contribution in [0.5, 0.6) is 0 Å². The number of nitrogens with zero attached hydrogens (tertiary/aromatic N) is 1. The summed E-state index contributed by atoms with van der Waals surface area (Å²) in [5, 5.41) is 14.0. The van der Waals surface area contributed by atoms with Gasteiger partial charge < -0.3 is 15.7 Å². The maximum absolute atomic E-state index is 13.2. The Morgan fingerprint density at radius 3 is 2.32 bits per heavy atom. The number of sulfonamides is 1. The molecular formula is C23H23FN4O5S. The van der Waals surface area contributed by atoms with Crippen molar-refractivity contribution in [2.75, 3.05) is 18.5 Å². The van der Waals surface area contributed by atoms with Gasteiger partial charge in [-0.25, -0.2) is 22.5 Å². The first-order chi connectivity index (χ1) is 16.3. The summed E-state index contributed by atoms with van der Waals surface area (Å²) in [6, 6.07) is 15.5. The van der Waals surface area contributed by atoms with Gasteiger partial charge >= 0.3 is 0 Å². The number of aliphatic hydroxyl groups is 1. The van der Waals surface area contributed by atoms with Gasteiger partial charge in [-0.15, -0.1) is 0 Å². The zero-order valence-corrected chi connectivity index (χ0v) is 18.8. The fourth-order valence-electron chi connectivity index (χ4n) is 2.99. The van der Waals surface area contributed by atoms with Crippen molar-refractivity contribution in [1.82, 2.24) is 15.0 Å². The number of halogens is 1. The van der Waals surface area contributed by atoms with Crippen molar-refractivity contribution in [2.45, 2.75) is 17.4 Å². The molecule has 0 fully saturated rings. The largest absolute Gasteiger partial charge is 0.395 e. The smallest absolute Gasteiger partial charge is 0.251 e. The number of rotatable bonds is 10. The van der Waals surface area contributed by atoms with Crippen LogP contribution in [0, 0.1) is 5.82 Å². The molecule has 0 unspecified atom stereocenters. The van der Waals surface area contributed by atoms with E-state index in [1.165, 1.54) is 24.3 Å². The lowest BCUT2D eigenvalue weighted by molar-refractivity contribution is -0.118. The number of aromatic nitrogens is 1. The van der Waals surface area contributed by atoms with Crippen LogP contribution in [0.25, 0.3) is 0 Å². The molecule has 11 heteroatoms. The molecule has 0 spiro atoms. The van der Waals surface area contributed by atoms with Gasteiger partial charge in [0.2, 0.25) is 15.9 Å². The number of anilines is 1. The van der Waals surface area contributed by atoms with Crippen LogP contribution in [-0.4, -0.2) is 49.5 Å². The molecule has 1 heterocycles. The van der Waals surface area contributed by atoms with Crippen LogP contribution in [0.4, 0.5) is 10.2 Å². The van der Waals surface area contributed by atoms with Crippen molar-refractivity contribution in [3.05, 3.63) is 89.9 Å². The lowest BCUT2D eigenvalue weighted by Crippen LogP contribution is -2.45. The van der Waals surface area contributed by atoms with E-state index in [1.807, 2.05) is 18.2 Å². The Kier molecular flexibility index (Phi) is 8.41. The van der Waals surface area contributed by atoms with Gasteiger partial charge in [-0.05, 0) is 42.0 Å². The number of nitrogens with one attached hydrogen (secondary N) is 3. The van der Waals surface area contributed by atoms with Crippen molar-refractivity contribution in [2.24, 2.45) is 0 Å². The molecule has 3 aromatic rings. The molecule has 4 N–H and O–H groups in total. The molecule has 178 valence electrons. The summed E-state index contributed by atoms with van der Waals surface area (Å²) in [7, 11) is -3.84. The summed E-state index contributed by atoms with van der Waals surface area (Å²) in [5.41, 5.74) is 0.988.